The third kappa shape index (κ3) is 3.20. The summed E-state index contributed by atoms with van der Waals surface area (Å²) in [6, 6.07) is 7.61. The molecule has 2 aromatic rings. The average molecular weight is 404 g/mol. The summed E-state index contributed by atoms with van der Waals surface area (Å²) in [6.07, 6.45) is 5.75. The van der Waals surface area contributed by atoms with Gasteiger partial charge in [-0.1, -0.05) is 28.8 Å². The molecule has 0 atom stereocenters. The molecule has 130 valence electrons. The summed E-state index contributed by atoms with van der Waals surface area (Å²) < 4.78 is 6.48. The van der Waals surface area contributed by atoms with Crippen LogP contribution in [-0.2, 0) is 11.3 Å². The molecule has 4 rings (SSSR count). The molecule has 1 saturated carbocycles. The minimum atomic E-state index is -0.204. The number of hydrogen-bond acceptors (Lipinski definition) is 4. The standard InChI is InChI=1S/C18H18BrN3O3/c19-13-7-5-12(6-8-13)17-20-14(11-25-17)9-22-16(23)10-21(18(22)24)15-3-1-2-4-15/h5-8,11,15H,1-4,9-10H2. The van der Waals surface area contributed by atoms with E-state index in [2.05, 4.69) is 20.9 Å². The van der Waals surface area contributed by atoms with Crippen LogP contribution in [-0.4, -0.2) is 39.3 Å². The molecule has 1 aromatic carbocycles. The third-order valence-electron chi connectivity index (χ3n) is 4.81. The van der Waals surface area contributed by atoms with Gasteiger partial charge in [0.15, 0.2) is 0 Å². The monoisotopic (exact) mass is 403 g/mol. The predicted octanol–water partition coefficient (Wildman–Crippen LogP) is 3.81. The van der Waals surface area contributed by atoms with Gasteiger partial charge >= 0.3 is 6.03 Å². The van der Waals surface area contributed by atoms with Crippen molar-refractivity contribution in [2.24, 2.45) is 0 Å². The van der Waals surface area contributed by atoms with Gasteiger partial charge in [-0.05, 0) is 37.1 Å². The molecule has 7 heteroatoms. The molecule has 1 aliphatic carbocycles. The number of carbonyl (C=O) groups excluding carboxylic acids is 2. The zero-order valence-electron chi connectivity index (χ0n) is 13.7. The molecule has 3 amide bonds. The fourth-order valence-electron chi connectivity index (χ4n) is 3.48. The molecular weight excluding hydrogens is 386 g/mol. The van der Waals surface area contributed by atoms with E-state index in [9.17, 15) is 9.59 Å². The van der Waals surface area contributed by atoms with E-state index in [0.29, 0.717) is 11.6 Å². The molecule has 1 aromatic heterocycles. The van der Waals surface area contributed by atoms with Crippen LogP contribution in [0.3, 0.4) is 0 Å². The number of benzene rings is 1. The van der Waals surface area contributed by atoms with Crippen LogP contribution in [0.25, 0.3) is 11.5 Å². The molecule has 2 aliphatic rings. The summed E-state index contributed by atoms with van der Waals surface area (Å²) in [7, 11) is 0. The fraction of sp³-hybridized carbons (Fsp3) is 0.389. The minimum Gasteiger partial charge on any atom is -0.444 e. The zero-order chi connectivity index (χ0) is 17.4. The number of amides is 3. The quantitative estimate of drug-likeness (QED) is 0.727. The number of aromatic nitrogens is 1. The van der Waals surface area contributed by atoms with Gasteiger partial charge in [-0.3, -0.25) is 9.69 Å². The van der Waals surface area contributed by atoms with Crippen LogP contribution in [0, 0.1) is 0 Å². The Kier molecular flexibility index (Phi) is 4.33. The molecule has 0 radical (unpaired) electrons. The number of halogens is 1. The summed E-state index contributed by atoms with van der Waals surface area (Å²) in [5.74, 6) is 0.319. The van der Waals surface area contributed by atoms with Crippen LogP contribution in [0.1, 0.15) is 31.4 Å². The molecule has 6 nitrogen and oxygen atoms in total. The van der Waals surface area contributed by atoms with E-state index in [-0.39, 0.29) is 31.1 Å². The van der Waals surface area contributed by atoms with Gasteiger partial charge in [0, 0.05) is 16.1 Å². The number of nitrogens with zero attached hydrogens (tertiary/aromatic N) is 3. The fourth-order valence-corrected chi connectivity index (χ4v) is 3.75. The number of urea groups is 1. The van der Waals surface area contributed by atoms with E-state index < -0.39 is 0 Å². The second kappa shape index (κ2) is 6.63. The van der Waals surface area contributed by atoms with Crippen LogP contribution >= 0.6 is 15.9 Å². The highest BCUT2D eigenvalue weighted by atomic mass is 79.9. The van der Waals surface area contributed by atoms with Gasteiger partial charge in [0.25, 0.3) is 5.91 Å². The van der Waals surface area contributed by atoms with Crippen molar-refractivity contribution in [3.63, 3.8) is 0 Å². The minimum absolute atomic E-state index is 0.154. The molecule has 0 unspecified atom stereocenters. The van der Waals surface area contributed by atoms with E-state index in [0.717, 1.165) is 35.7 Å². The molecular formula is C18H18BrN3O3. The Morgan fingerprint density at radius 3 is 2.60 bits per heavy atom. The van der Waals surface area contributed by atoms with E-state index in [1.807, 2.05) is 24.3 Å². The number of carbonyl (C=O) groups is 2. The van der Waals surface area contributed by atoms with E-state index >= 15 is 0 Å². The maximum absolute atomic E-state index is 12.6. The molecule has 1 aliphatic heterocycles. The van der Waals surface area contributed by atoms with Crippen LogP contribution in [0.5, 0.6) is 0 Å². The maximum Gasteiger partial charge on any atom is 0.327 e. The normalized spacial score (nSPS) is 18.6. The van der Waals surface area contributed by atoms with Crippen molar-refractivity contribution < 1.29 is 14.0 Å². The number of hydrogen-bond donors (Lipinski definition) is 0. The molecule has 1 saturated heterocycles. The summed E-state index contributed by atoms with van der Waals surface area (Å²) >= 11 is 3.39. The lowest BCUT2D eigenvalue weighted by Crippen LogP contribution is -2.37. The summed E-state index contributed by atoms with van der Waals surface area (Å²) in [4.78, 5) is 32.3. The molecule has 2 heterocycles. The van der Waals surface area contributed by atoms with Crippen molar-refractivity contribution in [3.05, 3.63) is 40.7 Å². The lowest BCUT2D eigenvalue weighted by molar-refractivity contribution is -0.125. The Bertz CT molecular complexity index is 796. The highest BCUT2D eigenvalue weighted by molar-refractivity contribution is 9.10. The lowest BCUT2D eigenvalue weighted by Gasteiger charge is -2.22. The Hall–Kier alpha value is -2.15. The first-order valence-corrected chi connectivity index (χ1v) is 9.22. The highest BCUT2D eigenvalue weighted by Gasteiger charge is 2.40. The second-order valence-corrected chi connectivity index (χ2v) is 7.40. The largest absolute Gasteiger partial charge is 0.444 e. The lowest BCUT2D eigenvalue weighted by atomic mass is 10.2. The Morgan fingerprint density at radius 1 is 1.16 bits per heavy atom. The molecule has 25 heavy (non-hydrogen) atoms. The van der Waals surface area contributed by atoms with Crippen molar-refractivity contribution >= 4 is 27.9 Å². The van der Waals surface area contributed by atoms with Crippen molar-refractivity contribution in [3.8, 4) is 11.5 Å². The smallest absolute Gasteiger partial charge is 0.327 e. The van der Waals surface area contributed by atoms with Gasteiger partial charge < -0.3 is 9.32 Å². The third-order valence-corrected chi connectivity index (χ3v) is 5.34. The summed E-state index contributed by atoms with van der Waals surface area (Å²) in [5, 5.41) is 0. The average Bonchev–Trinajstić information content (AvgIpc) is 3.33. The van der Waals surface area contributed by atoms with E-state index in [1.54, 1.807) is 4.90 Å². The molecule has 0 spiro atoms. The topological polar surface area (TPSA) is 66.7 Å². The first-order chi connectivity index (χ1) is 12.1. The van der Waals surface area contributed by atoms with Crippen LogP contribution in [0.4, 0.5) is 4.79 Å². The summed E-state index contributed by atoms with van der Waals surface area (Å²) in [6.45, 7) is 0.335. The van der Waals surface area contributed by atoms with Gasteiger partial charge in [0.05, 0.1) is 12.2 Å². The summed E-state index contributed by atoms with van der Waals surface area (Å²) in [5.41, 5.74) is 1.42. The highest BCUT2D eigenvalue weighted by Crippen LogP contribution is 2.28. The van der Waals surface area contributed by atoms with Gasteiger partial charge in [0.2, 0.25) is 5.89 Å². The Labute approximate surface area is 153 Å². The van der Waals surface area contributed by atoms with Gasteiger partial charge in [-0.2, -0.15) is 0 Å². The number of oxazole rings is 1. The zero-order valence-corrected chi connectivity index (χ0v) is 15.2. The SMILES string of the molecule is O=C1CN(C2CCCC2)C(=O)N1Cc1coc(-c2ccc(Br)cc2)n1. The van der Waals surface area contributed by atoms with Crippen LogP contribution in [0.2, 0.25) is 0 Å². The van der Waals surface area contributed by atoms with Crippen molar-refractivity contribution in [1.82, 2.24) is 14.8 Å². The maximum atomic E-state index is 12.6. The van der Waals surface area contributed by atoms with Crippen molar-refractivity contribution in [1.29, 1.82) is 0 Å². The second-order valence-electron chi connectivity index (χ2n) is 6.48. The van der Waals surface area contributed by atoms with Gasteiger partial charge in [-0.25, -0.2) is 9.78 Å². The molecule has 0 N–H and O–H groups in total. The first kappa shape index (κ1) is 16.3. The van der Waals surface area contributed by atoms with Gasteiger partial charge in [-0.15, -0.1) is 0 Å². The van der Waals surface area contributed by atoms with Crippen LogP contribution in [0.15, 0.2) is 39.4 Å². The first-order valence-electron chi connectivity index (χ1n) is 8.43. The molecule has 0 bridgehead atoms. The molecule has 2 fully saturated rings. The van der Waals surface area contributed by atoms with Crippen molar-refractivity contribution in [2.45, 2.75) is 38.3 Å². The number of rotatable bonds is 4. The Morgan fingerprint density at radius 2 is 1.88 bits per heavy atom. The van der Waals surface area contributed by atoms with Crippen LogP contribution < -0.4 is 0 Å². The van der Waals surface area contributed by atoms with Gasteiger partial charge in [0.1, 0.15) is 12.8 Å². The van der Waals surface area contributed by atoms with E-state index in [1.165, 1.54) is 11.2 Å². The number of imide groups is 1. The Balaban J connectivity index is 1.47. The van der Waals surface area contributed by atoms with Crippen molar-refractivity contribution in [2.75, 3.05) is 6.54 Å². The predicted molar refractivity (Wildman–Crippen MR) is 94.5 cm³/mol. The van der Waals surface area contributed by atoms with E-state index in [4.69, 9.17) is 4.42 Å².